The van der Waals surface area contributed by atoms with E-state index < -0.39 is 5.82 Å². The van der Waals surface area contributed by atoms with Gasteiger partial charge in [0.2, 0.25) is 0 Å². The zero-order valence-corrected chi connectivity index (χ0v) is 8.11. The van der Waals surface area contributed by atoms with Crippen molar-refractivity contribution in [2.24, 2.45) is 0 Å². The fraction of sp³-hybridized carbons (Fsp3) is 0.222. The van der Waals surface area contributed by atoms with Crippen LogP contribution in [-0.4, -0.2) is 13.4 Å². The summed E-state index contributed by atoms with van der Waals surface area (Å²) in [6, 6.07) is 4.92. The minimum atomic E-state index is -0.464. The molecule has 0 saturated heterocycles. The molecule has 1 aromatic rings. The van der Waals surface area contributed by atoms with Gasteiger partial charge in [0.1, 0.15) is 6.07 Å². The van der Waals surface area contributed by atoms with Gasteiger partial charge in [-0.15, -0.1) is 11.8 Å². The maximum atomic E-state index is 13.4. The third-order valence-electron chi connectivity index (χ3n) is 1.61. The lowest BCUT2D eigenvalue weighted by Gasteiger charge is -2.06. The lowest BCUT2D eigenvalue weighted by Crippen LogP contribution is -1.92. The number of rotatable bonds is 2. The van der Waals surface area contributed by atoms with Gasteiger partial charge in [0.15, 0.2) is 11.6 Å². The van der Waals surface area contributed by atoms with Crippen molar-refractivity contribution in [1.29, 1.82) is 5.26 Å². The Morgan fingerprint density at radius 2 is 2.23 bits per heavy atom. The summed E-state index contributed by atoms with van der Waals surface area (Å²) in [7, 11) is 1.40. The minimum absolute atomic E-state index is 0.170. The summed E-state index contributed by atoms with van der Waals surface area (Å²) >= 11 is 1.20. The van der Waals surface area contributed by atoms with Crippen LogP contribution >= 0.6 is 11.8 Å². The first kappa shape index (κ1) is 9.87. The number of methoxy groups -OCH3 is 1. The molecule has 0 aliphatic rings. The second kappa shape index (κ2) is 4.15. The Morgan fingerprint density at radius 3 is 2.69 bits per heavy atom. The van der Waals surface area contributed by atoms with Crippen LogP contribution < -0.4 is 4.74 Å². The zero-order valence-electron chi connectivity index (χ0n) is 7.30. The molecule has 2 nitrogen and oxygen atoms in total. The number of benzene rings is 1. The van der Waals surface area contributed by atoms with E-state index >= 15 is 0 Å². The predicted octanol–water partition coefficient (Wildman–Crippen LogP) is 2.43. The molecule has 0 fully saturated rings. The van der Waals surface area contributed by atoms with E-state index in [1.165, 1.54) is 24.9 Å². The van der Waals surface area contributed by atoms with Crippen LogP contribution in [0.5, 0.6) is 5.75 Å². The Balaban J connectivity index is 3.34. The van der Waals surface area contributed by atoms with E-state index in [9.17, 15) is 4.39 Å². The molecule has 4 heteroatoms. The van der Waals surface area contributed by atoms with Crippen LogP contribution in [0, 0.1) is 17.1 Å². The quantitative estimate of drug-likeness (QED) is 0.682. The van der Waals surface area contributed by atoms with Crippen LogP contribution in [0.4, 0.5) is 4.39 Å². The largest absolute Gasteiger partial charge is 0.494 e. The van der Waals surface area contributed by atoms with Gasteiger partial charge in [-0.2, -0.15) is 5.26 Å². The summed E-state index contributed by atoms with van der Waals surface area (Å²) in [6.07, 6.45) is 1.72. The van der Waals surface area contributed by atoms with E-state index in [1.54, 1.807) is 12.3 Å². The number of hydrogen-bond acceptors (Lipinski definition) is 3. The van der Waals surface area contributed by atoms with Crippen LogP contribution in [0.1, 0.15) is 5.56 Å². The fourth-order valence-corrected chi connectivity index (χ4v) is 1.60. The lowest BCUT2D eigenvalue weighted by atomic mass is 10.2. The molecule has 0 N–H and O–H groups in total. The number of ether oxygens (including phenoxy) is 1. The Hall–Kier alpha value is -1.21. The van der Waals surface area contributed by atoms with Gasteiger partial charge in [-0.05, 0) is 18.4 Å². The summed E-state index contributed by atoms with van der Waals surface area (Å²) in [5.74, 6) is -0.294. The maximum Gasteiger partial charge on any atom is 0.179 e. The first-order valence-corrected chi connectivity index (χ1v) is 4.77. The van der Waals surface area contributed by atoms with Gasteiger partial charge in [0, 0.05) is 0 Å². The molecule has 0 saturated carbocycles. The maximum absolute atomic E-state index is 13.4. The van der Waals surface area contributed by atoms with E-state index in [2.05, 4.69) is 0 Å². The van der Waals surface area contributed by atoms with Gasteiger partial charge >= 0.3 is 0 Å². The van der Waals surface area contributed by atoms with E-state index in [4.69, 9.17) is 10.00 Å². The first-order valence-electron chi connectivity index (χ1n) is 3.55. The van der Waals surface area contributed by atoms with Crippen LogP contribution in [0.3, 0.4) is 0 Å². The predicted molar refractivity (Wildman–Crippen MR) is 49.4 cm³/mol. The summed E-state index contributed by atoms with van der Waals surface area (Å²) in [6.45, 7) is 0. The van der Waals surface area contributed by atoms with E-state index in [1.807, 2.05) is 6.07 Å². The van der Waals surface area contributed by atoms with Crippen molar-refractivity contribution < 1.29 is 9.13 Å². The van der Waals surface area contributed by atoms with Gasteiger partial charge in [-0.25, -0.2) is 4.39 Å². The Labute approximate surface area is 80.3 Å². The highest BCUT2D eigenvalue weighted by atomic mass is 32.2. The number of nitrogens with zero attached hydrogens (tertiary/aromatic N) is 1. The van der Waals surface area contributed by atoms with Crippen molar-refractivity contribution in [2.75, 3.05) is 13.4 Å². The summed E-state index contributed by atoms with van der Waals surface area (Å²) in [4.78, 5) is 0.335. The van der Waals surface area contributed by atoms with E-state index in [-0.39, 0.29) is 5.75 Å². The number of halogens is 1. The highest BCUT2D eigenvalue weighted by Crippen LogP contribution is 2.29. The summed E-state index contributed by atoms with van der Waals surface area (Å²) in [5.41, 5.74) is 0.339. The van der Waals surface area contributed by atoms with Crippen molar-refractivity contribution in [3.8, 4) is 11.8 Å². The molecule has 1 rings (SSSR count). The van der Waals surface area contributed by atoms with Crippen molar-refractivity contribution in [3.63, 3.8) is 0 Å². The monoisotopic (exact) mass is 197 g/mol. The Bertz CT molecular complexity index is 359. The molecule has 0 aliphatic carbocycles. The third kappa shape index (κ3) is 1.76. The average Bonchev–Trinajstić information content (AvgIpc) is 2.17. The molecule has 0 bridgehead atoms. The van der Waals surface area contributed by atoms with Gasteiger partial charge in [0.25, 0.3) is 0 Å². The Morgan fingerprint density at radius 1 is 1.54 bits per heavy atom. The molecule has 0 aliphatic heterocycles. The standard InChI is InChI=1S/C9H8FNOS/c1-12-7-4-3-6(5-11)9(13-2)8(7)10/h3-4H,1-2H3. The van der Waals surface area contributed by atoms with Crippen LogP contribution in [0.15, 0.2) is 17.0 Å². The van der Waals surface area contributed by atoms with Gasteiger partial charge in [0.05, 0.1) is 17.6 Å². The highest BCUT2D eigenvalue weighted by Gasteiger charge is 2.12. The molecule has 13 heavy (non-hydrogen) atoms. The smallest absolute Gasteiger partial charge is 0.179 e. The molecule has 0 spiro atoms. The number of thioether (sulfide) groups is 1. The molecular formula is C9H8FNOS. The zero-order chi connectivity index (χ0) is 9.84. The molecule has 0 unspecified atom stereocenters. The average molecular weight is 197 g/mol. The molecule has 0 atom stereocenters. The molecule has 1 aromatic carbocycles. The molecule has 68 valence electrons. The molecular weight excluding hydrogens is 189 g/mol. The van der Waals surface area contributed by atoms with Crippen molar-refractivity contribution in [3.05, 3.63) is 23.5 Å². The normalized spacial score (nSPS) is 9.38. The first-order chi connectivity index (χ1) is 6.24. The van der Waals surface area contributed by atoms with Crippen LogP contribution in [0.2, 0.25) is 0 Å². The van der Waals surface area contributed by atoms with E-state index in [0.29, 0.717) is 10.5 Å². The van der Waals surface area contributed by atoms with Gasteiger partial charge in [-0.1, -0.05) is 0 Å². The number of nitriles is 1. The van der Waals surface area contributed by atoms with Crippen molar-refractivity contribution >= 4 is 11.8 Å². The molecule has 0 amide bonds. The number of hydrogen-bond donors (Lipinski definition) is 0. The SMILES string of the molecule is COc1ccc(C#N)c(SC)c1F. The van der Waals surface area contributed by atoms with Gasteiger partial charge in [-0.3, -0.25) is 0 Å². The van der Waals surface area contributed by atoms with Crippen molar-refractivity contribution in [1.82, 2.24) is 0 Å². The second-order valence-corrected chi connectivity index (χ2v) is 3.09. The minimum Gasteiger partial charge on any atom is -0.494 e. The fourth-order valence-electron chi connectivity index (χ4n) is 0.983. The van der Waals surface area contributed by atoms with Crippen LogP contribution in [0.25, 0.3) is 0 Å². The van der Waals surface area contributed by atoms with Gasteiger partial charge < -0.3 is 4.74 Å². The Kier molecular flexibility index (Phi) is 3.15. The summed E-state index contributed by atoms with van der Waals surface area (Å²) < 4.78 is 18.2. The lowest BCUT2D eigenvalue weighted by molar-refractivity contribution is 0.381. The van der Waals surface area contributed by atoms with Crippen molar-refractivity contribution in [2.45, 2.75) is 4.90 Å². The molecule has 0 aromatic heterocycles. The second-order valence-electron chi connectivity index (χ2n) is 2.27. The third-order valence-corrected chi connectivity index (χ3v) is 2.41. The van der Waals surface area contributed by atoms with E-state index in [0.717, 1.165) is 0 Å². The molecule has 0 radical (unpaired) electrons. The van der Waals surface area contributed by atoms with Crippen LogP contribution in [-0.2, 0) is 0 Å². The topological polar surface area (TPSA) is 33.0 Å². The summed E-state index contributed by atoms with van der Waals surface area (Å²) in [5, 5.41) is 8.67. The molecule has 0 heterocycles. The highest BCUT2D eigenvalue weighted by molar-refractivity contribution is 7.98.